The van der Waals surface area contributed by atoms with Gasteiger partial charge in [0.15, 0.2) is 0 Å². The number of nitrogens with zero attached hydrogens (tertiary/aromatic N) is 4. The molecule has 0 aliphatic carbocycles. The van der Waals surface area contributed by atoms with E-state index in [1.807, 2.05) is 23.9 Å². The quantitative estimate of drug-likeness (QED) is 0.876. The zero-order valence-corrected chi connectivity index (χ0v) is 15.5. The van der Waals surface area contributed by atoms with Crippen molar-refractivity contribution < 1.29 is 9.53 Å². The number of carbonyl (C=O) groups is 1. The van der Waals surface area contributed by atoms with Crippen LogP contribution in [0.1, 0.15) is 43.9 Å². The largest absolute Gasteiger partial charge is 0.378 e. The van der Waals surface area contributed by atoms with Gasteiger partial charge in [-0.15, -0.1) is 0 Å². The van der Waals surface area contributed by atoms with Gasteiger partial charge in [0, 0.05) is 46.3 Å². The highest BCUT2D eigenvalue weighted by atomic mass is 16.5. The lowest BCUT2D eigenvalue weighted by Gasteiger charge is -2.29. The van der Waals surface area contributed by atoms with E-state index in [9.17, 15) is 4.79 Å². The molecular formula is C18H29N5O2. The average Bonchev–Trinajstić information content (AvgIpc) is 2.61. The molecule has 7 nitrogen and oxygen atoms in total. The van der Waals surface area contributed by atoms with Crippen molar-refractivity contribution in [1.29, 1.82) is 0 Å². The molecule has 1 aromatic heterocycles. The Balaban J connectivity index is 1.72. The molecule has 0 saturated carbocycles. The molecule has 3 heterocycles. The molecule has 2 aliphatic heterocycles. The molecule has 25 heavy (non-hydrogen) atoms. The lowest BCUT2D eigenvalue weighted by atomic mass is 10.0. The van der Waals surface area contributed by atoms with E-state index in [2.05, 4.69) is 10.3 Å². The van der Waals surface area contributed by atoms with Gasteiger partial charge >= 0.3 is 0 Å². The third-order valence-corrected chi connectivity index (χ3v) is 4.93. The van der Waals surface area contributed by atoms with Crippen LogP contribution in [0.4, 0.5) is 11.8 Å². The first kappa shape index (κ1) is 17.9. The number of hydrogen-bond acceptors (Lipinski definition) is 6. The van der Waals surface area contributed by atoms with Crippen molar-refractivity contribution in [3.63, 3.8) is 0 Å². The van der Waals surface area contributed by atoms with Crippen molar-refractivity contribution in [3.8, 4) is 0 Å². The molecule has 0 radical (unpaired) electrons. The normalized spacial score (nSPS) is 20.1. The molecule has 1 saturated heterocycles. The van der Waals surface area contributed by atoms with Crippen molar-refractivity contribution >= 4 is 17.7 Å². The van der Waals surface area contributed by atoms with E-state index < -0.39 is 0 Å². The van der Waals surface area contributed by atoms with E-state index in [0.29, 0.717) is 18.6 Å². The molecule has 138 valence electrons. The Hall–Kier alpha value is -1.89. The Morgan fingerprint density at radius 1 is 1.36 bits per heavy atom. The SMILES string of the molecule is CC(=O)N1CCc2c(nc(N(C)C)nc2NCC[C@H]2CCCCO2)C1. The first-order chi connectivity index (χ1) is 12.0. The van der Waals surface area contributed by atoms with Crippen LogP contribution in [-0.2, 0) is 22.5 Å². The van der Waals surface area contributed by atoms with Gasteiger partial charge < -0.3 is 19.9 Å². The molecule has 0 unspecified atom stereocenters. The maximum Gasteiger partial charge on any atom is 0.227 e. The molecule has 1 atom stereocenters. The van der Waals surface area contributed by atoms with Gasteiger partial charge in [-0.2, -0.15) is 4.98 Å². The van der Waals surface area contributed by atoms with Gasteiger partial charge in [0.1, 0.15) is 5.82 Å². The molecule has 1 N–H and O–H groups in total. The van der Waals surface area contributed by atoms with Crippen molar-refractivity contribution in [2.24, 2.45) is 0 Å². The van der Waals surface area contributed by atoms with Gasteiger partial charge in [-0.1, -0.05) is 0 Å². The summed E-state index contributed by atoms with van der Waals surface area (Å²) in [5, 5.41) is 3.50. The second kappa shape index (κ2) is 7.99. The van der Waals surface area contributed by atoms with E-state index in [1.54, 1.807) is 6.92 Å². The number of ether oxygens (including phenoxy) is 1. The Bertz CT molecular complexity index is 614. The van der Waals surface area contributed by atoms with Crippen LogP contribution in [0.2, 0.25) is 0 Å². The van der Waals surface area contributed by atoms with Crippen molar-refractivity contribution in [2.45, 2.75) is 51.7 Å². The van der Waals surface area contributed by atoms with Crippen LogP contribution in [0.15, 0.2) is 0 Å². The second-order valence-electron chi connectivity index (χ2n) is 7.09. The average molecular weight is 347 g/mol. The zero-order chi connectivity index (χ0) is 17.8. The van der Waals surface area contributed by atoms with Gasteiger partial charge in [0.2, 0.25) is 11.9 Å². The van der Waals surface area contributed by atoms with Crippen LogP contribution in [0.3, 0.4) is 0 Å². The molecule has 1 fully saturated rings. The summed E-state index contributed by atoms with van der Waals surface area (Å²) in [4.78, 5) is 24.8. The molecule has 0 spiro atoms. The third-order valence-electron chi connectivity index (χ3n) is 4.93. The number of hydrogen-bond donors (Lipinski definition) is 1. The fraction of sp³-hybridized carbons (Fsp3) is 0.722. The molecule has 0 bridgehead atoms. The van der Waals surface area contributed by atoms with Gasteiger partial charge in [0.05, 0.1) is 18.3 Å². The predicted molar refractivity (Wildman–Crippen MR) is 97.9 cm³/mol. The van der Waals surface area contributed by atoms with Gasteiger partial charge in [-0.05, 0) is 32.1 Å². The minimum atomic E-state index is 0.0969. The van der Waals surface area contributed by atoms with Crippen LogP contribution in [0, 0.1) is 0 Å². The van der Waals surface area contributed by atoms with E-state index in [4.69, 9.17) is 9.72 Å². The van der Waals surface area contributed by atoms with Crippen LogP contribution < -0.4 is 10.2 Å². The number of nitrogens with one attached hydrogen (secondary N) is 1. The summed E-state index contributed by atoms with van der Waals surface area (Å²) in [7, 11) is 3.87. The third kappa shape index (κ3) is 4.39. The van der Waals surface area contributed by atoms with Crippen LogP contribution in [0.25, 0.3) is 0 Å². The summed E-state index contributed by atoms with van der Waals surface area (Å²) in [5.74, 6) is 1.69. The van der Waals surface area contributed by atoms with Crippen LogP contribution in [-0.4, -0.2) is 60.7 Å². The highest BCUT2D eigenvalue weighted by Gasteiger charge is 2.24. The fourth-order valence-corrected chi connectivity index (χ4v) is 3.42. The Kier molecular flexibility index (Phi) is 5.73. The Morgan fingerprint density at radius 3 is 2.88 bits per heavy atom. The maximum absolute atomic E-state index is 11.7. The molecule has 3 rings (SSSR count). The highest BCUT2D eigenvalue weighted by Crippen LogP contribution is 2.26. The summed E-state index contributed by atoms with van der Waals surface area (Å²) in [6.07, 6.45) is 5.75. The van der Waals surface area contributed by atoms with Gasteiger partial charge in [-0.3, -0.25) is 4.79 Å². The number of amides is 1. The van der Waals surface area contributed by atoms with Gasteiger partial charge in [-0.25, -0.2) is 4.98 Å². The summed E-state index contributed by atoms with van der Waals surface area (Å²) in [6.45, 7) is 4.64. The highest BCUT2D eigenvalue weighted by molar-refractivity contribution is 5.73. The molecule has 0 aromatic carbocycles. The zero-order valence-electron chi connectivity index (χ0n) is 15.5. The first-order valence-electron chi connectivity index (χ1n) is 9.22. The standard InChI is InChI=1S/C18H29N5O2/c1-13(24)23-10-8-15-16(12-23)20-18(22(2)3)21-17(15)19-9-7-14-6-4-5-11-25-14/h14H,4-12H2,1-3H3,(H,19,20,21)/t14-/m1/s1. The van der Waals surface area contributed by atoms with Crippen LogP contribution in [0.5, 0.6) is 0 Å². The number of anilines is 2. The van der Waals surface area contributed by atoms with E-state index in [1.165, 1.54) is 12.8 Å². The number of fused-ring (bicyclic) bond motifs is 1. The first-order valence-corrected chi connectivity index (χ1v) is 9.22. The van der Waals surface area contributed by atoms with E-state index in [0.717, 1.165) is 56.0 Å². The summed E-state index contributed by atoms with van der Waals surface area (Å²) < 4.78 is 5.81. The second-order valence-corrected chi connectivity index (χ2v) is 7.09. The topological polar surface area (TPSA) is 70.6 Å². The maximum atomic E-state index is 11.7. The minimum absolute atomic E-state index is 0.0969. The Labute approximate surface area is 149 Å². The fourth-order valence-electron chi connectivity index (χ4n) is 3.42. The summed E-state index contributed by atoms with van der Waals surface area (Å²) in [6, 6.07) is 0. The smallest absolute Gasteiger partial charge is 0.227 e. The molecular weight excluding hydrogens is 318 g/mol. The summed E-state index contributed by atoms with van der Waals surface area (Å²) >= 11 is 0. The van der Waals surface area contributed by atoms with E-state index in [-0.39, 0.29) is 5.91 Å². The molecule has 1 aromatic rings. The lowest BCUT2D eigenvalue weighted by molar-refractivity contribution is -0.129. The predicted octanol–water partition coefficient (Wildman–Crippen LogP) is 1.82. The number of rotatable bonds is 5. The van der Waals surface area contributed by atoms with Crippen LogP contribution >= 0.6 is 0 Å². The molecule has 7 heteroatoms. The van der Waals surface area contributed by atoms with Gasteiger partial charge in [0.25, 0.3) is 0 Å². The molecule has 1 amide bonds. The Morgan fingerprint density at radius 2 is 2.20 bits per heavy atom. The number of carbonyl (C=O) groups excluding carboxylic acids is 1. The monoisotopic (exact) mass is 347 g/mol. The van der Waals surface area contributed by atoms with Crippen molar-refractivity contribution in [1.82, 2.24) is 14.9 Å². The minimum Gasteiger partial charge on any atom is -0.378 e. The van der Waals surface area contributed by atoms with Crippen molar-refractivity contribution in [2.75, 3.05) is 44.0 Å². The molecule has 2 aliphatic rings. The van der Waals surface area contributed by atoms with E-state index >= 15 is 0 Å². The lowest BCUT2D eigenvalue weighted by Crippen LogP contribution is -2.36. The van der Waals surface area contributed by atoms with Crippen molar-refractivity contribution in [3.05, 3.63) is 11.3 Å². The summed E-state index contributed by atoms with van der Waals surface area (Å²) in [5.41, 5.74) is 2.10. The number of aromatic nitrogens is 2.